The number of hydrogen-bond donors (Lipinski definition) is 1. The summed E-state index contributed by atoms with van der Waals surface area (Å²) in [6, 6.07) is 7.94. The number of ether oxygens (including phenoxy) is 1. The van der Waals surface area contributed by atoms with Crippen molar-refractivity contribution in [1.82, 2.24) is 24.8 Å². The van der Waals surface area contributed by atoms with Crippen LogP contribution in [0.5, 0.6) is 0 Å². The first kappa shape index (κ1) is 20.5. The number of rotatable bonds is 3. The number of H-pyrrole nitrogens is 1. The molecule has 8 heteroatoms. The zero-order valence-corrected chi connectivity index (χ0v) is 18.8. The number of nitrogens with zero attached hydrogens (tertiary/aromatic N) is 4. The minimum Gasteiger partial charge on any atom is -0.444 e. The zero-order valence-electron chi connectivity index (χ0n) is 17.2. The highest BCUT2D eigenvalue weighted by Gasteiger charge is 2.34. The summed E-state index contributed by atoms with van der Waals surface area (Å²) >= 11 is 3.30. The van der Waals surface area contributed by atoms with Crippen LogP contribution in [0.1, 0.15) is 45.5 Å². The summed E-state index contributed by atoms with van der Waals surface area (Å²) in [5.41, 5.74) is 3.12. The van der Waals surface area contributed by atoms with Crippen molar-refractivity contribution in [3.8, 4) is 22.5 Å². The maximum Gasteiger partial charge on any atom is 0.410 e. The minimum atomic E-state index is -0.514. The lowest BCUT2D eigenvalue weighted by atomic mass is 10.1. The van der Waals surface area contributed by atoms with Crippen molar-refractivity contribution in [2.45, 2.75) is 45.3 Å². The van der Waals surface area contributed by atoms with Crippen molar-refractivity contribution in [2.24, 2.45) is 0 Å². The Hall–Kier alpha value is -2.74. The van der Waals surface area contributed by atoms with E-state index in [9.17, 15) is 4.79 Å². The lowest BCUT2D eigenvalue weighted by Crippen LogP contribution is -2.36. The second kappa shape index (κ2) is 8.18. The summed E-state index contributed by atoms with van der Waals surface area (Å²) < 4.78 is 6.27. The number of nitrogens with one attached hydrogen (secondary N) is 1. The second-order valence-electron chi connectivity index (χ2n) is 8.30. The Bertz CT molecular complexity index is 1020. The molecule has 1 amide bonds. The average molecular weight is 470 g/mol. The van der Waals surface area contributed by atoms with Gasteiger partial charge in [-0.3, -0.25) is 9.88 Å². The molecule has 7 nitrogen and oxygen atoms in total. The molecular formula is C22H24BrN5O2. The van der Waals surface area contributed by atoms with Crippen LogP contribution in [0, 0.1) is 0 Å². The molecule has 0 aliphatic carbocycles. The molecule has 1 N–H and O–H groups in total. The van der Waals surface area contributed by atoms with Gasteiger partial charge in [-0.05, 0) is 49.5 Å². The first-order valence-corrected chi connectivity index (χ1v) is 10.7. The van der Waals surface area contributed by atoms with E-state index in [1.807, 2.05) is 51.2 Å². The molecule has 0 bridgehead atoms. The lowest BCUT2D eigenvalue weighted by Gasteiger charge is -2.27. The number of imidazole rings is 1. The number of aromatic nitrogens is 4. The van der Waals surface area contributed by atoms with E-state index >= 15 is 0 Å². The lowest BCUT2D eigenvalue weighted by molar-refractivity contribution is 0.0218. The third-order valence-corrected chi connectivity index (χ3v) is 5.30. The smallest absolute Gasteiger partial charge is 0.410 e. The Morgan fingerprint density at radius 2 is 1.83 bits per heavy atom. The highest BCUT2D eigenvalue weighted by Crippen LogP contribution is 2.33. The SMILES string of the molecule is CC(C)(C)OC(=O)N1CCC[C@H]1c1nc(-c2ccc(-c3cnc(Br)cn3)cc2)c[nH]1. The summed E-state index contributed by atoms with van der Waals surface area (Å²) in [5.74, 6) is 0.788. The summed E-state index contributed by atoms with van der Waals surface area (Å²) in [4.78, 5) is 31.0. The van der Waals surface area contributed by atoms with Gasteiger partial charge in [-0.2, -0.15) is 0 Å². The number of likely N-dealkylation sites (tertiary alicyclic amines) is 1. The minimum absolute atomic E-state index is 0.0917. The maximum absolute atomic E-state index is 12.6. The Kier molecular flexibility index (Phi) is 5.60. The van der Waals surface area contributed by atoms with E-state index in [0.717, 1.165) is 41.2 Å². The molecule has 156 valence electrons. The molecule has 0 radical (unpaired) electrons. The van der Waals surface area contributed by atoms with E-state index in [4.69, 9.17) is 9.72 Å². The summed E-state index contributed by atoms with van der Waals surface area (Å²) in [6.45, 7) is 6.32. The number of benzene rings is 1. The maximum atomic E-state index is 12.6. The molecule has 4 rings (SSSR count). The molecule has 30 heavy (non-hydrogen) atoms. The normalized spacial score (nSPS) is 16.7. The monoisotopic (exact) mass is 469 g/mol. The molecule has 1 atom stereocenters. The van der Waals surface area contributed by atoms with E-state index in [2.05, 4.69) is 30.9 Å². The molecule has 1 aromatic carbocycles. The first-order valence-electron chi connectivity index (χ1n) is 9.93. The fraction of sp³-hybridized carbons (Fsp3) is 0.364. The van der Waals surface area contributed by atoms with Crippen molar-refractivity contribution in [2.75, 3.05) is 6.54 Å². The van der Waals surface area contributed by atoms with Crippen LogP contribution in [-0.2, 0) is 4.74 Å². The first-order chi connectivity index (χ1) is 14.3. The standard InChI is InChI=1S/C22H24BrN5O2/c1-22(2,3)30-21(29)28-10-4-5-18(28)20-26-12-17(27-20)15-8-6-14(7-9-15)16-11-25-19(23)13-24-16/h6-9,11-13,18H,4-5,10H2,1-3H3,(H,26,27)/t18-/m0/s1. The van der Waals surface area contributed by atoms with Crippen LogP contribution >= 0.6 is 15.9 Å². The molecule has 0 saturated carbocycles. The largest absolute Gasteiger partial charge is 0.444 e. The molecule has 0 unspecified atom stereocenters. The van der Waals surface area contributed by atoms with Gasteiger partial charge in [-0.15, -0.1) is 0 Å². The Morgan fingerprint density at radius 1 is 1.13 bits per heavy atom. The molecule has 3 aromatic rings. The number of aromatic amines is 1. The van der Waals surface area contributed by atoms with Gasteiger partial charge in [0.05, 0.1) is 29.8 Å². The zero-order chi connectivity index (χ0) is 21.3. The second-order valence-corrected chi connectivity index (χ2v) is 9.12. The van der Waals surface area contributed by atoms with Gasteiger partial charge in [0.1, 0.15) is 16.0 Å². The van der Waals surface area contributed by atoms with Gasteiger partial charge in [0.2, 0.25) is 0 Å². The number of carbonyl (C=O) groups excluding carboxylic acids is 1. The summed E-state index contributed by atoms with van der Waals surface area (Å²) in [5, 5.41) is 0. The molecule has 1 fully saturated rings. The summed E-state index contributed by atoms with van der Waals surface area (Å²) in [7, 11) is 0. The number of halogens is 1. The van der Waals surface area contributed by atoms with E-state index in [0.29, 0.717) is 11.1 Å². The van der Waals surface area contributed by atoms with Crippen molar-refractivity contribution in [3.63, 3.8) is 0 Å². The van der Waals surface area contributed by atoms with Crippen LogP contribution in [0.25, 0.3) is 22.5 Å². The summed E-state index contributed by atoms with van der Waals surface area (Å²) in [6.07, 6.45) is 6.81. The Labute approximate surface area is 184 Å². The Balaban J connectivity index is 1.51. The van der Waals surface area contributed by atoms with Crippen molar-refractivity contribution in [3.05, 3.63) is 53.3 Å². The van der Waals surface area contributed by atoms with Crippen LogP contribution < -0.4 is 0 Å². The molecule has 2 aromatic heterocycles. The fourth-order valence-electron chi connectivity index (χ4n) is 3.52. The number of amides is 1. The van der Waals surface area contributed by atoms with E-state index in [-0.39, 0.29) is 12.1 Å². The highest BCUT2D eigenvalue weighted by atomic mass is 79.9. The van der Waals surface area contributed by atoms with Crippen molar-refractivity contribution >= 4 is 22.0 Å². The van der Waals surface area contributed by atoms with Crippen molar-refractivity contribution in [1.29, 1.82) is 0 Å². The van der Waals surface area contributed by atoms with E-state index in [1.54, 1.807) is 17.3 Å². The van der Waals surface area contributed by atoms with Gasteiger partial charge in [-0.1, -0.05) is 24.3 Å². The van der Waals surface area contributed by atoms with Gasteiger partial charge >= 0.3 is 6.09 Å². The number of carbonyl (C=O) groups is 1. The third-order valence-electron chi connectivity index (χ3n) is 4.89. The quantitative estimate of drug-likeness (QED) is 0.557. The predicted octanol–water partition coefficient (Wildman–Crippen LogP) is 5.37. The molecule has 1 saturated heterocycles. The topological polar surface area (TPSA) is 84.0 Å². The van der Waals surface area contributed by atoms with Crippen LogP contribution in [0.4, 0.5) is 4.79 Å². The molecule has 0 spiro atoms. The third kappa shape index (κ3) is 4.53. The average Bonchev–Trinajstić information content (AvgIpc) is 3.37. The molecule has 1 aliphatic heterocycles. The molecular weight excluding hydrogens is 446 g/mol. The van der Waals surface area contributed by atoms with Gasteiger partial charge in [0, 0.05) is 23.9 Å². The fourth-order valence-corrected chi connectivity index (χ4v) is 3.72. The van der Waals surface area contributed by atoms with Crippen molar-refractivity contribution < 1.29 is 9.53 Å². The van der Waals surface area contributed by atoms with Crippen LogP contribution in [0.2, 0.25) is 0 Å². The Morgan fingerprint density at radius 3 is 2.47 bits per heavy atom. The van der Waals surface area contributed by atoms with E-state index in [1.165, 1.54) is 0 Å². The van der Waals surface area contributed by atoms with Gasteiger partial charge in [0.15, 0.2) is 0 Å². The van der Waals surface area contributed by atoms with Crippen LogP contribution in [0.3, 0.4) is 0 Å². The molecule has 1 aliphatic rings. The van der Waals surface area contributed by atoms with Gasteiger partial charge in [-0.25, -0.2) is 14.8 Å². The highest BCUT2D eigenvalue weighted by molar-refractivity contribution is 9.10. The molecule has 3 heterocycles. The predicted molar refractivity (Wildman–Crippen MR) is 118 cm³/mol. The number of hydrogen-bond acceptors (Lipinski definition) is 5. The van der Waals surface area contributed by atoms with Crippen LogP contribution in [-0.4, -0.2) is 43.1 Å². The van der Waals surface area contributed by atoms with Gasteiger partial charge < -0.3 is 9.72 Å². The van der Waals surface area contributed by atoms with Gasteiger partial charge in [0.25, 0.3) is 0 Å². The van der Waals surface area contributed by atoms with Crippen LogP contribution in [0.15, 0.2) is 47.5 Å². The van der Waals surface area contributed by atoms with E-state index < -0.39 is 5.60 Å².